The minimum atomic E-state index is -4.37. The fourth-order valence-electron chi connectivity index (χ4n) is 2.89. The molecular formula is C21H26F3N3O3. The summed E-state index contributed by atoms with van der Waals surface area (Å²) in [5.74, 6) is 2.37. The summed E-state index contributed by atoms with van der Waals surface area (Å²) in [5, 5.41) is 6.15. The van der Waals surface area contributed by atoms with Gasteiger partial charge >= 0.3 is 6.18 Å². The molecule has 2 aromatic carbocycles. The van der Waals surface area contributed by atoms with Crippen LogP contribution >= 0.6 is 0 Å². The lowest BCUT2D eigenvalue weighted by molar-refractivity contribution is -0.137. The van der Waals surface area contributed by atoms with Gasteiger partial charge in [-0.1, -0.05) is 12.1 Å². The second-order valence-corrected chi connectivity index (χ2v) is 6.31. The average molecular weight is 425 g/mol. The van der Waals surface area contributed by atoms with Crippen molar-refractivity contribution in [3.05, 3.63) is 53.1 Å². The first-order chi connectivity index (χ1) is 14.3. The summed E-state index contributed by atoms with van der Waals surface area (Å²) in [5.41, 5.74) is 0.691. The quantitative estimate of drug-likeness (QED) is 0.500. The first-order valence-corrected chi connectivity index (χ1v) is 9.22. The SMILES string of the molecule is CN=C(NCCc1c(OC)cc(OC)cc1OC)NCc1cccc(C(F)(F)F)c1. The Morgan fingerprint density at radius 1 is 0.967 bits per heavy atom. The molecule has 0 aliphatic carbocycles. The van der Waals surface area contributed by atoms with Gasteiger partial charge in [-0.15, -0.1) is 0 Å². The van der Waals surface area contributed by atoms with Crippen LogP contribution in [0.15, 0.2) is 41.4 Å². The molecule has 0 fully saturated rings. The van der Waals surface area contributed by atoms with E-state index < -0.39 is 11.7 Å². The fraction of sp³-hybridized carbons (Fsp3) is 0.381. The minimum Gasteiger partial charge on any atom is -0.496 e. The van der Waals surface area contributed by atoms with Gasteiger partial charge in [0.25, 0.3) is 0 Å². The Morgan fingerprint density at radius 2 is 1.63 bits per heavy atom. The summed E-state index contributed by atoms with van der Waals surface area (Å²) < 4.78 is 54.6. The number of halogens is 3. The van der Waals surface area contributed by atoms with E-state index in [1.807, 2.05) is 0 Å². The Balaban J connectivity index is 1.97. The van der Waals surface area contributed by atoms with Crippen molar-refractivity contribution in [3.8, 4) is 17.2 Å². The summed E-state index contributed by atoms with van der Waals surface area (Å²) in [6.07, 6.45) is -3.80. The van der Waals surface area contributed by atoms with Crippen LogP contribution in [0.4, 0.5) is 13.2 Å². The van der Waals surface area contributed by atoms with E-state index >= 15 is 0 Å². The molecule has 2 rings (SSSR count). The topological polar surface area (TPSA) is 64.1 Å². The van der Waals surface area contributed by atoms with Crippen LogP contribution in [0.2, 0.25) is 0 Å². The molecule has 2 aromatic rings. The van der Waals surface area contributed by atoms with Gasteiger partial charge in [0.2, 0.25) is 0 Å². The van der Waals surface area contributed by atoms with Crippen molar-refractivity contribution in [2.24, 2.45) is 4.99 Å². The number of aliphatic imine (C=N–C) groups is 1. The molecule has 0 aromatic heterocycles. The first-order valence-electron chi connectivity index (χ1n) is 9.22. The minimum absolute atomic E-state index is 0.207. The van der Waals surface area contributed by atoms with Crippen LogP contribution in [0.3, 0.4) is 0 Å². The average Bonchev–Trinajstić information content (AvgIpc) is 2.75. The maximum absolute atomic E-state index is 12.8. The molecule has 2 N–H and O–H groups in total. The van der Waals surface area contributed by atoms with Crippen LogP contribution in [0.25, 0.3) is 0 Å². The second kappa shape index (κ2) is 10.6. The maximum atomic E-state index is 12.8. The highest BCUT2D eigenvalue weighted by Gasteiger charge is 2.30. The Kier molecular flexibility index (Phi) is 8.20. The van der Waals surface area contributed by atoms with Gasteiger partial charge in [-0.05, 0) is 24.1 Å². The number of alkyl halides is 3. The maximum Gasteiger partial charge on any atom is 0.416 e. The van der Waals surface area contributed by atoms with Gasteiger partial charge in [0.15, 0.2) is 5.96 Å². The summed E-state index contributed by atoms with van der Waals surface area (Å²) in [7, 11) is 6.30. The molecule has 0 bridgehead atoms. The zero-order valence-corrected chi connectivity index (χ0v) is 17.4. The summed E-state index contributed by atoms with van der Waals surface area (Å²) in [6, 6.07) is 8.73. The molecule has 0 radical (unpaired) electrons. The van der Waals surface area contributed by atoms with Gasteiger partial charge in [0, 0.05) is 37.8 Å². The van der Waals surface area contributed by atoms with E-state index in [9.17, 15) is 13.2 Å². The Bertz CT molecular complexity index is 845. The summed E-state index contributed by atoms with van der Waals surface area (Å²) in [4.78, 5) is 4.11. The molecule has 0 amide bonds. The molecule has 164 valence electrons. The lowest BCUT2D eigenvalue weighted by Crippen LogP contribution is -2.38. The highest BCUT2D eigenvalue weighted by atomic mass is 19.4. The zero-order valence-electron chi connectivity index (χ0n) is 17.4. The molecular weight excluding hydrogens is 399 g/mol. The van der Waals surface area contributed by atoms with Crippen molar-refractivity contribution < 1.29 is 27.4 Å². The van der Waals surface area contributed by atoms with E-state index in [1.165, 1.54) is 6.07 Å². The lowest BCUT2D eigenvalue weighted by atomic mass is 10.1. The number of hydrogen-bond acceptors (Lipinski definition) is 4. The smallest absolute Gasteiger partial charge is 0.416 e. The third kappa shape index (κ3) is 6.20. The number of hydrogen-bond donors (Lipinski definition) is 2. The number of methoxy groups -OCH3 is 3. The number of nitrogens with zero attached hydrogens (tertiary/aromatic N) is 1. The molecule has 0 heterocycles. The van der Waals surface area contributed by atoms with Crippen molar-refractivity contribution in [1.82, 2.24) is 10.6 Å². The van der Waals surface area contributed by atoms with E-state index in [-0.39, 0.29) is 6.54 Å². The van der Waals surface area contributed by atoms with Crippen molar-refractivity contribution >= 4 is 5.96 Å². The van der Waals surface area contributed by atoms with Gasteiger partial charge in [0.05, 0.1) is 26.9 Å². The monoisotopic (exact) mass is 425 g/mol. The van der Waals surface area contributed by atoms with Crippen LogP contribution in [-0.4, -0.2) is 40.9 Å². The number of guanidine groups is 1. The van der Waals surface area contributed by atoms with Crippen molar-refractivity contribution in [2.75, 3.05) is 34.9 Å². The molecule has 30 heavy (non-hydrogen) atoms. The number of rotatable bonds is 8. The Labute approximate surface area is 174 Å². The van der Waals surface area contributed by atoms with E-state index in [0.29, 0.717) is 41.7 Å². The van der Waals surface area contributed by atoms with Crippen LogP contribution in [0.5, 0.6) is 17.2 Å². The predicted molar refractivity (Wildman–Crippen MR) is 109 cm³/mol. The van der Waals surface area contributed by atoms with Crippen molar-refractivity contribution in [2.45, 2.75) is 19.1 Å². The fourth-order valence-corrected chi connectivity index (χ4v) is 2.89. The van der Waals surface area contributed by atoms with E-state index in [0.717, 1.165) is 17.7 Å². The van der Waals surface area contributed by atoms with Gasteiger partial charge in [0.1, 0.15) is 17.2 Å². The van der Waals surface area contributed by atoms with E-state index in [1.54, 1.807) is 46.6 Å². The van der Waals surface area contributed by atoms with Crippen molar-refractivity contribution in [1.29, 1.82) is 0 Å². The molecule has 0 spiro atoms. The number of benzene rings is 2. The summed E-state index contributed by atoms with van der Waals surface area (Å²) >= 11 is 0. The third-order valence-corrected chi connectivity index (χ3v) is 4.42. The van der Waals surface area contributed by atoms with Crippen LogP contribution in [0, 0.1) is 0 Å². The highest BCUT2D eigenvalue weighted by molar-refractivity contribution is 5.79. The Morgan fingerprint density at radius 3 is 2.17 bits per heavy atom. The van der Waals surface area contributed by atoms with Gasteiger partial charge in [-0.2, -0.15) is 13.2 Å². The van der Waals surface area contributed by atoms with Gasteiger partial charge < -0.3 is 24.8 Å². The summed E-state index contributed by atoms with van der Waals surface area (Å²) in [6.45, 7) is 0.708. The molecule has 0 saturated carbocycles. The normalized spacial score (nSPS) is 11.8. The predicted octanol–water partition coefficient (Wildman–Crippen LogP) is 3.64. The molecule has 0 atom stereocenters. The molecule has 0 aliphatic heterocycles. The highest BCUT2D eigenvalue weighted by Crippen LogP contribution is 2.34. The van der Waals surface area contributed by atoms with Crippen LogP contribution < -0.4 is 24.8 Å². The largest absolute Gasteiger partial charge is 0.496 e. The van der Waals surface area contributed by atoms with Crippen LogP contribution in [0.1, 0.15) is 16.7 Å². The molecule has 6 nitrogen and oxygen atoms in total. The van der Waals surface area contributed by atoms with Crippen LogP contribution in [-0.2, 0) is 19.1 Å². The van der Waals surface area contributed by atoms with E-state index in [2.05, 4.69) is 15.6 Å². The first kappa shape index (κ1) is 23.2. The third-order valence-electron chi connectivity index (χ3n) is 4.42. The van der Waals surface area contributed by atoms with E-state index in [4.69, 9.17) is 14.2 Å². The number of nitrogens with one attached hydrogen (secondary N) is 2. The molecule has 9 heteroatoms. The standard InChI is InChI=1S/C21H26F3N3O3/c1-25-20(27-13-14-6-5-7-15(10-14)21(22,23)24)26-9-8-17-18(29-3)11-16(28-2)12-19(17)30-4/h5-7,10-12H,8-9,13H2,1-4H3,(H2,25,26,27). The Hall–Kier alpha value is -3.10. The van der Waals surface area contributed by atoms with Crippen molar-refractivity contribution in [3.63, 3.8) is 0 Å². The molecule has 0 aliphatic rings. The van der Waals surface area contributed by atoms with Gasteiger partial charge in [-0.3, -0.25) is 4.99 Å². The second-order valence-electron chi connectivity index (χ2n) is 6.31. The number of ether oxygens (including phenoxy) is 3. The molecule has 0 saturated heterocycles. The van der Waals surface area contributed by atoms with Gasteiger partial charge in [-0.25, -0.2) is 0 Å². The zero-order chi connectivity index (χ0) is 22.1. The lowest BCUT2D eigenvalue weighted by Gasteiger charge is -2.16. The molecule has 0 unspecified atom stereocenters.